The first-order chi connectivity index (χ1) is 13.1. The van der Waals surface area contributed by atoms with E-state index in [0.29, 0.717) is 23.7 Å². The predicted octanol–water partition coefficient (Wildman–Crippen LogP) is 2.64. The molecule has 0 aliphatic carbocycles. The number of nitrogens with one attached hydrogen (secondary N) is 1. The summed E-state index contributed by atoms with van der Waals surface area (Å²) in [5, 5.41) is 2.89. The van der Waals surface area contributed by atoms with E-state index in [9.17, 15) is 9.59 Å². The van der Waals surface area contributed by atoms with Crippen molar-refractivity contribution in [1.29, 1.82) is 0 Å². The maximum absolute atomic E-state index is 12.4. The first kappa shape index (κ1) is 18.5. The van der Waals surface area contributed by atoms with Gasteiger partial charge in [-0.3, -0.25) is 9.59 Å². The molecule has 0 saturated carbocycles. The van der Waals surface area contributed by atoms with Gasteiger partial charge in [-0.2, -0.15) is 0 Å². The van der Waals surface area contributed by atoms with Crippen molar-refractivity contribution in [3.63, 3.8) is 0 Å². The number of hydrogen-bond donors (Lipinski definition) is 1. The van der Waals surface area contributed by atoms with Gasteiger partial charge in [0.15, 0.2) is 11.5 Å². The van der Waals surface area contributed by atoms with Gasteiger partial charge < -0.3 is 19.7 Å². The Balaban J connectivity index is 1.63. The Kier molecular flexibility index (Phi) is 5.76. The summed E-state index contributed by atoms with van der Waals surface area (Å²) in [5.41, 5.74) is 1.66. The van der Waals surface area contributed by atoms with Crippen molar-refractivity contribution in [2.45, 2.75) is 12.5 Å². The Hall–Kier alpha value is -3.28. The molecule has 6 heteroatoms. The van der Waals surface area contributed by atoms with Gasteiger partial charge in [-0.05, 0) is 23.8 Å². The molecule has 0 bridgehead atoms. The van der Waals surface area contributed by atoms with E-state index in [-0.39, 0.29) is 24.3 Å². The molecule has 2 amide bonds. The van der Waals surface area contributed by atoms with E-state index in [2.05, 4.69) is 5.32 Å². The van der Waals surface area contributed by atoms with Crippen LogP contribution in [0.2, 0.25) is 0 Å². The lowest BCUT2D eigenvalue weighted by Crippen LogP contribution is -2.36. The van der Waals surface area contributed by atoms with Crippen molar-refractivity contribution < 1.29 is 19.1 Å². The second-order valence-corrected chi connectivity index (χ2v) is 6.20. The van der Waals surface area contributed by atoms with Gasteiger partial charge in [-0.1, -0.05) is 30.3 Å². The van der Waals surface area contributed by atoms with Crippen molar-refractivity contribution in [2.24, 2.45) is 0 Å². The molecule has 1 N–H and O–H groups in total. The quantitative estimate of drug-likeness (QED) is 0.798. The second-order valence-electron chi connectivity index (χ2n) is 6.20. The lowest BCUT2D eigenvalue weighted by atomic mass is 10.2. The molecular weight excluding hydrogens is 344 g/mol. The van der Waals surface area contributed by atoms with Crippen molar-refractivity contribution in [1.82, 2.24) is 5.32 Å². The van der Waals surface area contributed by atoms with Gasteiger partial charge in [0.1, 0.15) is 0 Å². The third-order valence-corrected chi connectivity index (χ3v) is 4.38. The monoisotopic (exact) mass is 366 g/mol. The Morgan fingerprint density at radius 1 is 1.11 bits per heavy atom. The topological polar surface area (TPSA) is 67.9 Å². The van der Waals surface area contributed by atoms with Gasteiger partial charge in [0, 0.05) is 30.8 Å². The molecule has 2 aromatic carbocycles. The summed E-state index contributed by atoms with van der Waals surface area (Å²) in [6.45, 7) is 0.416. The van der Waals surface area contributed by atoms with Crippen LogP contribution in [-0.2, 0) is 9.59 Å². The summed E-state index contributed by atoms with van der Waals surface area (Å²) in [6.07, 6.45) is 3.50. The normalized spacial score (nSPS) is 16.6. The lowest BCUT2D eigenvalue weighted by molar-refractivity contribution is -0.117. The van der Waals surface area contributed by atoms with Crippen LogP contribution in [0.15, 0.2) is 54.6 Å². The van der Waals surface area contributed by atoms with Crippen LogP contribution >= 0.6 is 0 Å². The number of nitrogens with zero attached hydrogens (tertiary/aromatic N) is 1. The van der Waals surface area contributed by atoms with E-state index < -0.39 is 0 Å². The standard InChI is InChI=1S/C21H22N2O4/c1-26-18-10-9-17(13-19(18)27-2)23-14-16(12-21(23)25)22-20(24)11-8-15-6-4-3-5-7-15/h3-11,13,16H,12,14H2,1-2H3,(H,22,24)/b11-8-/t16-/m1/s1. The first-order valence-electron chi connectivity index (χ1n) is 8.66. The van der Waals surface area contributed by atoms with Crippen LogP contribution in [0.4, 0.5) is 5.69 Å². The largest absolute Gasteiger partial charge is 0.493 e. The third-order valence-electron chi connectivity index (χ3n) is 4.38. The maximum Gasteiger partial charge on any atom is 0.244 e. The summed E-state index contributed by atoms with van der Waals surface area (Å²) in [4.78, 5) is 26.2. The highest BCUT2D eigenvalue weighted by molar-refractivity contribution is 5.98. The zero-order chi connectivity index (χ0) is 19.2. The van der Waals surface area contributed by atoms with E-state index in [0.717, 1.165) is 5.56 Å². The van der Waals surface area contributed by atoms with Crippen LogP contribution in [0.25, 0.3) is 6.08 Å². The molecule has 27 heavy (non-hydrogen) atoms. The predicted molar refractivity (Wildman–Crippen MR) is 104 cm³/mol. The Labute approximate surface area is 158 Å². The number of anilines is 1. The van der Waals surface area contributed by atoms with Crippen molar-refractivity contribution in [3.05, 3.63) is 60.2 Å². The van der Waals surface area contributed by atoms with Crippen molar-refractivity contribution >= 4 is 23.6 Å². The molecule has 1 aliphatic heterocycles. The fourth-order valence-electron chi connectivity index (χ4n) is 3.03. The number of methoxy groups -OCH3 is 2. The summed E-state index contributed by atoms with van der Waals surface area (Å²) in [7, 11) is 3.11. The molecule has 6 nitrogen and oxygen atoms in total. The van der Waals surface area contributed by atoms with Crippen LogP contribution in [-0.4, -0.2) is 38.6 Å². The van der Waals surface area contributed by atoms with Crippen LogP contribution in [0.1, 0.15) is 12.0 Å². The minimum Gasteiger partial charge on any atom is -0.493 e. The molecule has 1 saturated heterocycles. The average Bonchev–Trinajstić information content (AvgIpc) is 3.06. The number of benzene rings is 2. The van der Waals surface area contributed by atoms with E-state index in [1.165, 1.54) is 6.08 Å². The van der Waals surface area contributed by atoms with Crippen LogP contribution in [0.3, 0.4) is 0 Å². The zero-order valence-electron chi connectivity index (χ0n) is 15.3. The van der Waals surface area contributed by atoms with Crippen LogP contribution in [0, 0.1) is 0 Å². The number of carbonyl (C=O) groups is 2. The SMILES string of the molecule is COc1ccc(N2C[C@H](NC(=O)/C=C\c3ccccc3)CC2=O)cc1OC. The number of hydrogen-bond acceptors (Lipinski definition) is 4. The summed E-state index contributed by atoms with van der Waals surface area (Å²) in [5.74, 6) is 0.898. The zero-order valence-corrected chi connectivity index (χ0v) is 15.3. The van der Waals surface area contributed by atoms with Gasteiger partial charge in [0.2, 0.25) is 11.8 Å². The summed E-state index contributed by atoms with van der Waals surface area (Å²) >= 11 is 0. The first-order valence-corrected chi connectivity index (χ1v) is 8.66. The molecule has 140 valence electrons. The highest BCUT2D eigenvalue weighted by Crippen LogP contribution is 2.33. The smallest absolute Gasteiger partial charge is 0.244 e. The van der Waals surface area contributed by atoms with Gasteiger partial charge in [-0.15, -0.1) is 0 Å². The highest BCUT2D eigenvalue weighted by atomic mass is 16.5. The summed E-state index contributed by atoms with van der Waals surface area (Å²) < 4.78 is 10.5. The Morgan fingerprint density at radius 3 is 2.56 bits per heavy atom. The minimum atomic E-state index is -0.237. The number of rotatable bonds is 6. The highest BCUT2D eigenvalue weighted by Gasteiger charge is 2.31. The summed E-state index contributed by atoms with van der Waals surface area (Å²) in [6, 6.07) is 14.7. The van der Waals surface area contributed by atoms with E-state index in [1.54, 1.807) is 43.4 Å². The molecular formula is C21H22N2O4. The van der Waals surface area contributed by atoms with E-state index >= 15 is 0 Å². The Bertz CT molecular complexity index is 849. The van der Waals surface area contributed by atoms with E-state index in [4.69, 9.17) is 9.47 Å². The van der Waals surface area contributed by atoms with Crippen LogP contribution in [0.5, 0.6) is 11.5 Å². The minimum absolute atomic E-state index is 0.0421. The van der Waals surface area contributed by atoms with Gasteiger partial charge in [-0.25, -0.2) is 0 Å². The lowest BCUT2D eigenvalue weighted by Gasteiger charge is -2.18. The fraction of sp³-hybridized carbons (Fsp3) is 0.238. The van der Waals surface area contributed by atoms with Crippen LogP contribution < -0.4 is 19.7 Å². The number of ether oxygens (including phenoxy) is 2. The molecule has 0 unspecified atom stereocenters. The van der Waals surface area contributed by atoms with Gasteiger partial charge in [0.05, 0.1) is 20.3 Å². The molecule has 3 rings (SSSR count). The molecule has 0 spiro atoms. The Morgan fingerprint density at radius 2 is 1.85 bits per heavy atom. The van der Waals surface area contributed by atoms with Crippen molar-refractivity contribution in [2.75, 3.05) is 25.7 Å². The molecule has 1 aliphatic rings. The van der Waals surface area contributed by atoms with E-state index in [1.807, 2.05) is 30.3 Å². The maximum atomic E-state index is 12.4. The molecule has 1 atom stereocenters. The van der Waals surface area contributed by atoms with Gasteiger partial charge >= 0.3 is 0 Å². The van der Waals surface area contributed by atoms with Gasteiger partial charge in [0.25, 0.3) is 0 Å². The fourth-order valence-corrected chi connectivity index (χ4v) is 3.03. The van der Waals surface area contributed by atoms with Crippen molar-refractivity contribution in [3.8, 4) is 11.5 Å². The molecule has 1 fully saturated rings. The second kappa shape index (κ2) is 8.40. The molecule has 2 aromatic rings. The molecule has 1 heterocycles. The average molecular weight is 366 g/mol. The third kappa shape index (κ3) is 4.47. The molecule has 0 radical (unpaired) electrons. The number of amides is 2. The molecule has 0 aromatic heterocycles. The number of carbonyl (C=O) groups excluding carboxylic acids is 2.